The number of carbonyl (C=O) groups is 1. The minimum Gasteiger partial charge on any atom is -0.484 e. The predicted octanol–water partition coefficient (Wildman–Crippen LogP) is 4.74. The molecule has 3 nitrogen and oxygen atoms in total. The lowest BCUT2D eigenvalue weighted by atomic mass is 9.88. The van der Waals surface area contributed by atoms with Crippen molar-refractivity contribution in [2.45, 2.75) is 29.9 Å². The number of amides is 1. The zero-order valence-electron chi connectivity index (χ0n) is 14.6. The molecule has 0 radical (unpaired) electrons. The Hall–Kier alpha value is -1.59. The molecule has 136 valence electrons. The van der Waals surface area contributed by atoms with Crippen molar-refractivity contribution in [2.75, 3.05) is 18.1 Å². The molecular weight excluding hydrogens is 362 g/mol. The van der Waals surface area contributed by atoms with Crippen molar-refractivity contribution in [1.29, 1.82) is 0 Å². The van der Waals surface area contributed by atoms with Crippen LogP contribution in [-0.2, 0) is 11.2 Å². The smallest absolute Gasteiger partial charge is 0.258 e. The predicted molar refractivity (Wildman–Crippen MR) is 110 cm³/mol. The van der Waals surface area contributed by atoms with E-state index in [4.69, 9.17) is 4.74 Å². The molecule has 2 aromatic rings. The van der Waals surface area contributed by atoms with E-state index in [9.17, 15) is 4.79 Å². The molecule has 1 amide bonds. The Morgan fingerprint density at radius 1 is 1.08 bits per heavy atom. The number of aryl methyl sites for hydroxylation is 1. The fourth-order valence-corrected chi connectivity index (χ4v) is 6.42. The molecule has 2 aromatic carbocycles. The van der Waals surface area contributed by atoms with Gasteiger partial charge in [-0.3, -0.25) is 4.79 Å². The van der Waals surface area contributed by atoms with Crippen molar-refractivity contribution in [1.82, 2.24) is 5.32 Å². The first-order chi connectivity index (χ1) is 12.8. The van der Waals surface area contributed by atoms with Gasteiger partial charge in [0, 0.05) is 11.5 Å². The summed E-state index contributed by atoms with van der Waals surface area (Å²) in [5, 5.41) is 3.13. The van der Waals surface area contributed by atoms with Crippen molar-refractivity contribution in [2.24, 2.45) is 0 Å². The number of rotatable bonds is 5. The molecule has 1 atom stereocenters. The highest BCUT2D eigenvalue weighted by atomic mass is 32.2. The number of fused-ring (bicyclic) bond motifs is 1. The maximum absolute atomic E-state index is 12.3. The van der Waals surface area contributed by atoms with E-state index in [2.05, 4.69) is 35.6 Å². The van der Waals surface area contributed by atoms with Gasteiger partial charge in [-0.25, -0.2) is 0 Å². The number of nitrogens with one attached hydrogen (secondary N) is 1. The lowest BCUT2D eigenvalue weighted by molar-refractivity contribution is -0.123. The zero-order valence-corrected chi connectivity index (χ0v) is 16.3. The minimum atomic E-state index is -0.0577. The molecule has 0 saturated carbocycles. The Labute approximate surface area is 163 Å². The molecule has 1 aliphatic carbocycles. The summed E-state index contributed by atoms with van der Waals surface area (Å²) >= 11 is 3.98. The maximum Gasteiger partial charge on any atom is 0.258 e. The van der Waals surface area contributed by atoms with Crippen LogP contribution in [0.3, 0.4) is 0 Å². The van der Waals surface area contributed by atoms with E-state index >= 15 is 0 Å². The summed E-state index contributed by atoms with van der Waals surface area (Å²) in [6, 6.07) is 16.7. The Morgan fingerprint density at radius 2 is 1.85 bits per heavy atom. The summed E-state index contributed by atoms with van der Waals surface area (Å²) in [6.07, 6.45) is 3.21. The van der Waals surface area contributed by atoms with Gasteiger partial charge in [-0.2, -0.15) is 0 Å². The largest absolute Gasteiger partial charge is 0.484 e. The first-order valence-corrected chi connectivity index (χ1v) is 11.2. The second-order valence-corrected chi connectivity index (χ2v) is 9.37. The molecule has 1 aliphatic heterocycles. The molecule has 0 unspecified atom stereocenters. The highest BCUT2D eigenvalue weighted by Crippen LogP contribution is 2.45. The molecular formula is C21H23NO2S2. The summed E-state index contributed by atoms with van der Waals surface area (Å²) in [7, 11) is 0. The summed E-state index contributed by atoms with van der Waals surface area (Å²) in [5.74, 6) is 3.13. The fraction of sp³-hybridized carbons (Fsp3) is 0.381. The van der Waals surface area contributed by atoms with Gasteiger partial charge in [0.2, 0.25) is 0 Å². The monoisotopic (exact) mass is 385 g/mol. The van der Waals surface area contributed by atoms with Gasteiger partial charge in [-0.1, -0.05) is 36.4 Å². The molecule has 5 heteroatoms. The van der Waals surface area contributed by atoms with Crippen molar-refractivity contribution >= 4 is 29.4 Å². The SMILES string of the molecule is O=C(COc1ccc(C2SCCS2)cc1)N[C@@H]1CCCc2ccccc21. The normalized spacial score (nSPS) is 19.8. The summed E-state index contributed by atoms with van der Waals surface area (Å²) < 4.78 is 6.23. The van der Waals surface area contributed by atoms with Crippen LogP contribution in [0.2, 0.25) is 0 Å². The zero-order chi connectivity index (χ0) is 17.8. The van der Waals surface area contributed by atoms with E-state index in [0.717, 1.165) is 25.0 Å². The van der Waals surface area contributed by atoms with Crippen LogP contribution in [0.5, 0.6) is 5.75 Å². The number of hydrogen-bond donors (Lipinski definition) is 1. The lowest BCUT2D eigenvalue weighted by Gasteiger charge is -2.26. The summed E-state index contributed by atoms with van der Waals surface area (Å²) in [4.78, 5) is 12.3. The highest BCUT2D eigenvalue weighted by molar-refractivity contribution is 8.19. The van der Waals surface area contributed by atoms with E-state index in [1.807, 2.05) is 41.7 Å². The molecule has 1 saturated heterocycles. The summed E-state index contributed by atoms with van der Waals surface area (Å²) in [6.45, 7) is 0.0605. The average Bonchev–Trinajstić information content (AvgIpc) is 3.22. The van der Waals surface area contributed by atoms with E-state index < -0.39 is 0 Å². The van der Waals surface area contributed by atoms with Gasteiger partial charge in [-0.05, 0) is 48.1 Å². The number of thioether (sulfide) groups is 2. The lowest BCUT2D eigenvalue weighted by Crippen LogP contribution is -2.34. The average molecular weight is 386 g/mol. The quantitative estimate of drug-likeness (QED) is 0.807. The van der Waals surface area contributed by atoms with Gasteiger partial charge in [0.15, 0.2) is 6.61 Å². The third kappa shape index (κ3) is 4.21. The molecule has 2 aliphatic rings. The number of ether oxygens (including phenoxy) is 1. The summed E-state index contributed by atoms with van der Waals surface area (Å²) in [5.41, 5.74) is 3.93. The number of carbonyl (C=O) groups excluding carboxylic acids is 1. The Kier molecular flexibility index (Phi) is 5.75. The van der Waals surface area contributed by atoms with Gasteiger partial charge in [-0.15, -0.1) is 23.5 Å². The Balaban J connectivity index is 1.30. The topological polar surface area (TPSA) is 38.3 Å². The van der Waals surface area contributed by atoms with Gasteiger partial charge in [0.1, 0.15) is 5.75 Å². The molecule has 0 spiro atoms. The van der Waals surface area contributed by atoms with Crippen molar-refractivity contribution in [3.8, 4) is 5.75 Å². The van der Waals surface area contributed by atoms with Crippen LogP contribution in [0, 0.1) is 0 Å². The molecule has 1 fully saturated rings. The van der Waals surface area contributed by atoms with Crippen LogP contribution in [0.4, 0.5) is 0 Å². The van der Waals surface area contributed by atoms with Gasteiger partial charge >= 0.3 is 0 Å². The van der Waals surface area contributed by atoms with Crippen molar-refractivity contribution in [3.63, 3.8) is 0 Å². The maximum atomic E-state index is 12.3. The number of benzene rings is 2. The highest BCUT2D eigenvalue weighted by Gasteiger charge is 2.21. The minimum absolute atomic E-state index is 0.0577. The fourth-order valence-electron chi connectivity index (χ4n) is 3.56. The van der Waals surface area contributed by atoms with E-state index in [0.29, 0.717) is 4.58 Å². The Bertz CT molecular complexity index is 757. The van der Waals surface area contributed by atoms with Gasteiger partial charge < -0.3 is 10.1 Å². The van der Waals surface area contributed by atoms with Crippen LogP contribution in [-0.4, -0.2) is 24.0 Å². The van der Waals surface area contributed by atoms with Gasteiger partial charge in [0.05, 0.1) is 10.6 Å². The molecule has 26 heavy (non-hydrogen) atoms. The third-order valence-electron chi connectivity index (χ3n) is 4.85. The molecule has 4 rings (SSSR count). The van der Waals surface area contributed by atoms with Crippen molar-refractivity contribution in [3.05, 3.63) is 65.2 Å². The van der Waals surface area contributed by atoms with E-state index in [-0.39, 0.29) is 18.6 Å². The molecule has 1 heterocycles. The standard InChI is InChI=1S/C21H23NO2S2/c23-20(22-19-7-3-5-15-4-1-2-6-18(15)19)14-24-17-10-8-16(9-11-17)21-25-12-13-26-21/h1-2,4,6,8-11,19,21H,3,5,7,12-14H2,(H,22,23)/t19-/m1/s1. The molecule has 0 bridgehead atoms. The third-order valence-corrected chi connectivity index (χ3v) is 7.95. The van der Waals surface area contributed by atoms with Crippen LogP contribution >= 0.6 is 23.5 Å². The first-order valence-electron chi connectivity index (χ1n) is 9.13. The Morgan fingerprint density at radius 3 is 2.65 bits per heavy atom. The van der Waals surface area contributed by atoms with Crippen LogP contribution in [0.1, 0.15) is 40.2 Å². The first kappa shape index (κ1) is 17.8. The second kappa shape index (κ2) is 8.40. The van der Waals surface area contributed by atoms with Crippen LogP contribution in [0.15, 0.2) is 48.5 Å². The van der Waals surface area contributed by atoms with E-state index in [1.165, 1.54) is 28.2 Å². The van der Waals surface area contributed by atoms with Crippen LogP contribution < -0.4 is 10.1 Å². The van der Waals surface area contributed by atoms with Crippen LogP contribution in [0.25, 0.3) is 0 Å². The number of hydrogen-bond acceptors (Lipinski definition) is 4. The second-order valence-electron chi connectivity index (χ2n) is 6.64. The van der Waals surface area contributed by atoms with Gasteiger partial charge in [0.25, 0.3) is 5.91 Å². The van der Waals surface area contributed by atoms with Crippen molar-refractivity contribution < 1.29 is 9.53 Å². The van der Waals surface area contributed by atoms with E-state index in [1.54, 1.807) is 0 Å². The molecule has 1 N–H and O–H groups in total. The molecule has 0 aromatic heterocycles.